The summed E-state index contributed by atoms with van der Waals surface area (Å²) < 4.78 is 23.2. The van der Waals surface area contributed by atoms with Gasteiger partial charge in [0, 0.05) is 12.3 Å². The topological polar surface area (TPSA) is 70.0 Å². The van der Waals surface area contributed by atoms with Crippen molar-refractivity contribution in [1.82, 2.24) is 5.32 Å². The van der Waals surface area contributed by atoms with E-state index in [9.17, 15) is 13.7 Å². The standard InChI is InChI=1S/C10H16N2O2S/c1-15(13,14)9-3-2-6-10(9,7-11)12-8-4-5-8/h8-9,12H,2-6H2,1H3. The molecule has 15 heavy (non-hydrogen) atoms. The number of nitrogens with one attached hydrogen (secondary N) is 1. The van der Waals surface area contributed by atoms with Crippen molar-refractivity contribution in [1.29, 1.82) is 5.26 Å². The molecule has 2 aliphatic carbocycles. The summed E-state index contributed by atoms with van der Waals surface area (Å²) in [5.41, 5.74) is -0.811. The lowest BCUT2D eigenvalue weighted by Gasteiger charge is -2.28. The van der Waals surface area contributed by atoms with Crippen molar-refractivity contribution in [2.45, 2.75) is 48.9 Å². The number of hydrogen-bond acceptors (Lipinski definition) is 4. The van der Waals surface area contributed by atoms with Crippen LogP contribution in [0.3, 0.4) is 0 Å². The summed E-state index contributed by atoms with van der Waals surface area (Å²) in [6.07, 6.45) is 5.48. The van der Waals surface area contributed by atoms with Gasteiger partial charge in [0.25, 0.3) is 0 Å². The molecule has 0 radical (unpaired) electrons. The summed E-state index contributed by atoms with van der Waals surface area (Å²) in [6.45, 7) is 0. The molecule has 0 amide bonds. The molecular weight excluding hydrogens is 212 g/mol. The Morgan fingerprint density at radius 2 is 2.07 bits per heavy atom. The van der Waals surface area contributed by atoms with Crippen molar-refractivity contribution in [2.75, 3.05) is 6.26 Å². The fraction of sp³-hybridized carbons (Fsp3) is 0.900. The molecule has 0 aromatic heterocycles. The number of sulfone groups is 1. The second-order valence-corrected chi connectivity index (χ2v) is 6.94. The molecule has 0 heterocycles. The Labute approximate surface area is 90.6 Å². The van der Waals surface area contributed by atoms with Crippen molar-refractivity contribution < 1.29 is 8.42 Å². The maximum atomic E-state index is 11.6. The van der Waals surface area contributed by atoms with Crippen LogP contribution < -0.4 is 5.32 Å². The van der Waals surface area contributed by atoms with E-state index in [2.05, 4.69) is 11.4 Å². The number of rotatable bonds is 3. The lowest BCUT2D eigenvalue weighted by Crippen LogP contribution is -2.53. The van der Waals surface area contributed by atoms with E-state index < -0.39 is 20.6 Å². The zero-order valence-electron chi connectivity index (χ0n) is 8.86. The first-order valence-electron chi connectivity index (χ1n) is 5.36. The first kappa shape index (κ1) is 10.9. The smallest absolute Gasteiger partial charge is 0.153 e. The zero-order chi connectivity index (χ0) is 11.1. The molecule has 0 aromatic rings. The molecule has 2 rings (SSSR count). The van der Waals surface area contributed by atoms with Crippen LogP contribution in [0.1, 0.15) is 32.1 Å². The molecule has 2 saturated carbocycles. The van der Waals surface area contributed by atoms with E-state index in [4.69, 9.17) is 0 Å². The summed E-state index contributed by atoms with van der Waals surface area (Å²) in [4.78, 5) is 0. The molecule has 84 valence electrons. The van der Waals surface area contributed by atoms with E-state index in [1.807, 2.05) is 0 Å². The highest BCUT2D eigenvalue weighted by Gasteiger charge is 2.50. The predicted molar refractivity (Wildman–Crippen MR) is 57.0 cm³/mol. The van der Waals surface area contributed by atoms with Crippen molar-refractivity contribution >= 4 is 9.84 Å². The Bertz CT molecular complexity index is 394. The van der Waals surface area contributed by atoms with Gasteiger partial charge in [-0.25, -0.2) is 8.42 Å². The molecule has 0 aliphatic heterocycles. The summed E-state index contributed by atoms with van der Waals surface area (Å²) >= 11 is 0. The lowest BCUT2D eigenvalue weighted by molar-refractivity contribution is 0.415. The van der Waals surface area contributed by atoms with Crippen LogP contribution in [0, 0.1) is 11.3 Å². The van der Waals surface area contributed by atoms with Crippen molar-refractivity contribution in [3.63, 3.8) is 0 Å². The lowest BCUT2D eigenvalue weighted by atomic mass is 9.99. The van der Waals surface area contributed by atoms with Crippen LogP contribution in [0.15, 0.2) is 0 Å². The third-order valence-corrected chi connectivity index (χ3v) is 5.01. The fourth-order valence-corrected chi connectivity index (χ4v) is 4.03. The minimum Gasteiger partial charge on any atom is -0.296 e. The number of nitriles is 1. The SMILES string of the molecule is CS(=O)(=O)C1CCCC1(C#N)NC1CC1. The van der Waals surface area contributed by atoms with Gasteiger partial charge in [-0.05, 0) is 32.1 Å². The van der Waals surface area contributed by atoms with Gasteiger partial charge in [-0.15, -0.1) is 0 Å². The Hall–Kier alpha value is -0.600. The van der Waals surface area contributed by atoms with Crippen LogP contribution in [0.25, 0.3) is 0 Å². The molecular formula is C10H16N2O2S. The van der Waals surface area contributed by atoms with Gasteiger partial charge in [-0.2, -0.15) is 5.26 Å². The van der Waals surface area contributed by atoms with E-state index in [-0.39, 0.29) is 0 Å². The minimum absolute atomic E-state index is 0.368. The highest BCUT2D eigenvalue weighted by molar-refractivity contribution is 7.91. The Morgan fingerprint density at radius 3 is 2.53 bits per heavy atom. The van der Waals surface area contributed by atoms with Crippen LogP contribution in [-0.4, -0.2) is 31.5 Å². The third-order valence-electron chi connectivity index (χ3n) is 3.34. The van der Waals surface area contributed by atoms with Gasteiger partial charge in [0.2, 0.25) is 0 Å². The maximum Gasteiger partial charge on any atom is 0.153 e. The van der Waals surface area contributed by atoms with Crippen LogP contribution in [-0.2, 0) is 9.84 Å². The predicted octanol–water partition coefficient (Wildman–Crippen LogP) is 0.598. The molecule has 4 nitrogen and oxygen atoms in total. The van der Waals surface area contributed by atoms with Gasteiger partial charge in [0.15, 0.2) is 9.84 Å². The van der Waals surface area contributed by atoms with Crippen LogP contribution >= 0.6 is 0 Å². The second kappa shape index (κ2) is 3.46. The average Bonchev–Trinajstić information content (AvgIpc) is 2.81. The summed E-state index contributed by atoms with van der Waals surface area (Å²) in [6, 6.07) is 2.58. The Balaban J connectivity index is 2.26. The van der Waals surface area contributed by atoms with E-state index in [0.29, 0.717) is 18.9 Å². The van der Waals surface area contributed by atoms with E-state index in [0.717, 1.165) is 19.3 Å². The second-order valence-electron chi connectivity index (χ2n) is 4.71. The highest BCUT2D eigenvalue weighted by Crippen LogP contribution is 2.37. The molecule has 5 heteroatoms. The maximum absolute atomic E-state index is 11.6. The Morgan fingerprint density at radius 1 is 1.40 bits per heavy atom. The highest BCUT2D eigenvalue weighted by atomic mass is 32.2. The molecule has 0 bridgehead atoms. The quantitative estimate of drug-likeness (QED) is 0.768. The van der Waals surface area contributed by atoms with Crippen LogP contribution in [0.5, 0.6) is 0 Å². The normalized spacial score (nSPS) is 36.4. The molecule has 2 atom stereocenters. The molecule has 0 spiro atoms. The first-order valence-corrected chi connectivity index (χ1v) is 7.31. The van der Waals surface area contributed by atoms with Gasteiger partial charge in [-0.3, -0.25) is 5.32 Å². The molecule has 2 aliphatic rings. The number of hydrogen-bond donors (Lipinski definition) is 1. The average molecular weight is 228 g/mol. The van der Waals surface area contributed by atoms with Crippen molar-refractivity contribution in [3.05, 3.63) is 0 Å². The van der Waals surface area contributed by atoms with Gasteiger partial charge in [0.1, 0.15) is 5.54 Å². The molecule has 2 fully saturated rings. The summed E-state index contributed by atoms with van der Waals surface area (Å²) in [7, 11) is -3.13. The van der Waals surface area contributed by atoms with Crippen LogP contribution in [0.2, 0.25) is 0 Å². The van der Waals surface area contributed by atoms with E-state index in [1.165, 1.54) is 6.26 Å². The van der Waals surface area contributed by atoms with E-state index in [1.54, 1.807) is 0 Å². The summed E-state index contributed by atoms with van der Waals surface area (Å²) in [5.74, 6) is 0. The van der Waals surface area contributed by atoms with Gasteiger partial charge >= 0.3 is 0 Å². The molecule has 2 unspecified atom stereocenters. The summed E-state index contributed by atoms with van der Waals surface area (Å²) in [5, 5.41) is 12.0. The van der Waals surface area contributed by atoms with Gasteiger partial charge in [0.05, 0.1) is 11.3 Å². The Kier molecular flexibility index (Phi) is 2.52. The molecule has 0 saturated heterocycles. The monoisotopic (exact) mass is 228 g/mol. The first-order chi connectivity index (χ1) is 6.98. The van der Waals surface area contributed by atoms with E-state index >= 15 is 0 Å². The largest absolute Gasteiger partial charge is 0.296 e. The molecule has 0 aromatic carbocycles. The minimum atomic E-state index is -3.13. The fourth-order valence-electron chi connectivity index (χ4n) is 2.47. The van der Waals surface area contributed by atoms with Crippen molar-refractivity contribution in [2.24, 2.45) is 0 Å². The van der Waals surface area contributed by atoms with Crippen LogP contribution in [0.4, 0.5) is 0 Å². The third kappa shape index (κ3) is 2.01. The zero-order valence-corrected chi connectivity index (χ0v) is 9.68. The van der Waals surface area contributed by atoms with Gasteiger partial charge < -0.3 is 0 Å². The number of nitrogens with zero attached hydrogens (tertiary/aromatic N) is 1. The molecule has 1 N–H and O–H groups in total. The van der Waals surface area contributed by atoms with Crippen molar-refractivity contribution in [3.8, 4) is 6.07 Å². The van der Waals surface area contributed by atoms with Gasteiger partial charge in [-0.1, -0.05) is 0 Å².